The van der Waals surface area contributed by atoms with Gasteiger partial charge in [-0.2, -0.15) is 0 Å². The Balaban J connectivity index is 0.000000651. The molecule has 3 aromatic carbocycles. The van der Waals surface area contributed by atoms with E-state index in [0.29, 0.717) is 18.5 Å². The van der Waals surface area contributed by atoms with Gasteiger partial charge >= 0.3 is 11.9 Å². The van der Waals surface area contributed by atoms with Crippen LogP contribution in [-0.4, -0.2) is 54.1 Å². The number of hydrogen-bond acceptors (Lipinski definition) is 6. The van der Waals surface area contributed by atoms with Gasteiger partial charge in [-0.05, 0) is 81.7 Å². The molecule has 0 saturated carbocycles. The van der Waals surface area contributed by atoms with E-state index in [1.807, 2.05) is 51.1 Å². The summed E-state index contributed by atoms with van der Waals surface area (Å²) in [6.07, 6.45) is 6.12. The Morgan fingerprint density at radius 3 is 1.93 bits per heavy atom. The predicted molar refractivity (Wildman–Crippen MR) is 182 cm³/mol. The van der Waals surface area contributed by atoms with E-state index in [0.717, 1.165) is 57.4 Å². The number of carbonyl (C=O) groups excluding carboxylic acids is 2. The smallest absolute Gasteiger partial charge is 0.320 e. The van der Waals surface area contributed by atoms with Gasteiger partial charge in [-0.3, -0.25) is 14.5 Å². The first-order valence-electron chi connectivity index (χ1n) is 15.6. The second-order valence-electron chi connectivity index (χ2n) is 11.7. The van der Waals surface area contributed by atoms with Crippen LogP contribution in [0.2, 0.25) is 0 Å². The highest BCUT2D eigenvalue weighted by molar-refractivity contribution is 9.09. The van der Waals surface area contributed by atoms with E-state index in [2.05, 4.69) is 82.4 Å². The lowest BCUT2D eigenvalue weighted by Gasteiger charge is -2.25. The lowest BCUT2D eigenvalue weighted by molar-refractivity contribution is -0.156. The molecule has 3 aromatic rings. The van der Waals surface area contributed by atoms with Crippen molar-refractivity contribution in [1.82, 2.24) is 4.90 Å². The number of halogens is 1. The number of unbranched alkanes of at least 4 members (excludes halogenated alkanes) is 2. The van der Waals surface area contributed by atoms with Crippen molar-refractivity contribution in [3.63, 3.8) is 0 Å². The van der Waals surface area contributed by atoms with Gasteiger partial charge in [-0.15, -0.1) is 0 Å². The fraction of sp³-hybridized carbons (Fsp3) is 0.459. The molecule has 0 aliphatic heterocycles. The van der Waals surface area contributed by atoms with Crippen molar-refractivity contribution in [2.45, 2.75) is 78.4 Å². The van der Waals surface area contributed by atoms with E-state index >= 15 is 0 Å². The molecule has 0 saturated heterocycles. The van der Waals surface area contributed by atoms with Gasteiger partial charge in [0.15, 0.2) is 0 Å². The molecule has 0 N–H and O–H groups in total. The van der Waals surface area contributed by atoms with Gasteiger partial charge in [0, 0.05) is 13.1 Å². The molecular formula is C37H50BrNO5. The van der Waals surface area contributed by atoms with E-state index in [1.165, 1.54) is 16.7 Å². The highest BCUT2D eigenvalue weighted by Gasteiger charge is 2.19. The summed E-state index contributed by atoms with van der Waals surface area (Å²) in [4.78, 5) is 25.0. The highest BCUT2D eigenvalue weighted by Crippen LogP contribution is 2.15. The van der Waals surface area contributed by atoms with Crippen molar-refractivity contribution in [1.29, 1.82) is 0 Å². The van der Waals surface area contributed by atoms with E-state index in [9.17, 15) is 9.59 Å². The molecule has 0 radical (unpaired) electrons. The molecule has 0 aliphatic carbocycles. The molecule has 0 heterocycles. The van der Waals surface area contributed by atoms with E-state index in [1.54, 1.807) is 0 Å². The number of ether oxygens (including phenoxy) is 3. The van der Waals surface area contributed by atoms with Crippen LogP contribution in [0.4, 0.5) is 0 Å². The Morgan fingerprint density at radius 2 is 1.34 bits per heavy atom. The average molecular weight is 669 g/mol. The Labute approximate surface area is 273 Å². The normalized spacial score (nSPS) is 11.0. The topological polar surface area (TPSA) is 65.1 Å². The van der Waals surface area contributed by atoms with Gasteiger partial charge in [0.25, 0.3) is 0 Å². The number of aryl methyl sites for hydroxylation is 1. The van der Waals surface area contributed by atoms with Crippen molar-refractivity contribution in [2.75, 3.05) is 31.6 Å². The Bertz CT molecular complexity index is 1180. The first-order chi connectivity index (χ1) is 21.2. The number of hydrogen-bond donors (Lipinski definition) is 0. The SMILES string of the molecule is CC(C)(C)OC(=O)CN(CCc1ccc(OCCCCc2ccccc2)cc1)Cc1ccccc1.CCCCOC(=O)CBr. The van der Waals surface area contributed by atoms with Crippen LogP contribution in [0.3, 0.4) is 0 Å². The van der Waals surface area contributed by atoms with Crippen LogP contribution in [0.5, 0.6) is 5.75 Å². The van der Waals surface area contributed by atoms with Crippen LogP contribution < -0.4 is 4.74 Å². The largest absolute Gasteiger partial charge is 0.494 e. The van der Waals surface area contributed by atoms with Crippen LogP contribution >= 0.6 is 15.9 Å². The highest BCUT2D eigenvalue weighted by atomic mass is 79.9. The van der Waals surface area contributed by atoms with Crippen molar-refractivity contribution in [3.05, 3.63) is 102 Å². The van der Waals surface area contributed by atoms with Crippen LogP contribution in [0, 0.1) is 0 Å². The zero-order valence-electron chi connectivity index (χ0n) is 26.9. The lowest BCUT2D eigenvalue weighted by atomic mass is 10.1. The summed E-state index contributed by atoms with van der Waals surface area (Å²) in [6.45, 7) is 10.8. The van der Waals surface area contributed by atoms with Crippen LogP contribution in [0.1, 0.15) is 70.1 Å². The monoisotopic (exact) mass is 667 g/mol. The Morgan fingerprint density at radius 1 is 0.727 bits per heavy atom. The number of rotatable bonds is 17. The number of alkyl halides is 1. The number of benzene rings is 3. The molecule has 44 heavy (non-hydrogen) atoms. The molecule has 3 rings (SSSR count). The van der Waals surface area contributed by atoms with Crippen molar-refractivity contribution in [3.8, 4) is 5.75 Å². The molecule has 0 atom stereocenters. The molecule has 0 fully saturated rings. The molecule has 0 spiro atoms. The summed E-state index contributed by atoms with van der Waals surface area (Å²) in [6, 6.07) is 29.2. The third-order valence-electron chi connectivity index (χ3n) is 6.50. The molecule has 0 bridgehead atoms. The second-order valence-corrected chi connectivity index (χ2v) is 12.2. The van der Waals surface area contributed by atoms with Gasteiger partial charge < -0.3 is 14.2 Å². The van der Waals surface area contributed by atoms with Crippen molar-refractivity contribution in [2.24, 2.45) is 0 Å². The molecule has 240 valence electrons. The summed E-state index contributed by atoms with van der Waals surface area (Å²) in [5, 5.41) is 0.302. The third-order valence-corrected chi connectivity index (χ3v) is 6.96. The van der Waals surface area contributed by atoms with Crippen molar-refractivity contribution < 1.29 is 23.8 Å². The van der Waals surface area contributed by atoms with Crippen LogP contribution in [0.25, 0.3) is 0 Å². The minimum atomic E-state index is -0.479. The van der Waals surface area contributed by atoms with Crippen LogP contribution in [0.15, 0.2) is 84.9 Å². The minimum Gasteiger partial charge on any atom is -0.494 e. The van der Waals surface area contributed by atoms with Gasteiger partial charge in [0.1, 0.15) is 16.7 Å². The quantitative estimate of drug-likeness (QED) is 0.0821. The maximum Gasteiger partial charge on any atom is 0.320 e. The van der Waals surface area contributed by atoms with Crippen LogP contribution in [-0.2, 0) is 38.4 Å². The summed E-state index contributed by atoms with van der Waals surface area (Å²) < 4.78 is 16.2. The van der Waals surface area contributed by atoms with E-state index in [-0.39, 0.29) is 18.5 Å². The minimum absolute atomic E-state index is 0.177. The standard InChI is InChI=1S/C31H39NO3.C6H11BrO2/c1-31(2,3)35-30(33)25-32(24-28-15-8-5-9-16-28)22-21-27-17-19-29(20-18-27)34-23-11-10-14-26-12-6-4-7-13-26;1-2-3-4-9-6(8)5-7/h4-9,12-13,15-20H,10-11,14,21-25H2,1-3H3;2-5H2,1H3. The number of esters is 2. The third kappa shape index (κ3) is 17.8. The zero-order chi connectivity index (χ0) is 32.0. The summed E-state index contributed by atoms with van der Waals surface area (Å²) in [5.41, 5.74) is 3.31. The van der Waals surface area contributed by atoms with E-state index in [4.69, 9.17) is 14.2 Å². The molecule has 0 amide bonds. The molecule has 6 nitrogen and oxygen atoms in total. The van der Waals surface area contributed by atoms with Gasteiger partial charge in [0.05, 0.1) is 19.8 Å². The second kappa shape index (κ2) is 21.5. The fourth-order valence-corrected chi connectivity index (χ4v) is 4.45. The first kappa shape index (κ1) is 37.0. The summed E-state index contributed by atoms with van der Waals surface area (Å²) in [7, 11) is 0. The zero-order valence-corrected chi connectivity index (χ0v) is 28.5. The molecule has 0 unspecified atom stereocenters. The number of nitrogens with zero attached hydrogens (tertiary/aromatic N) is 1. The predicted octanol–water partition coefficient (Wildman–Crippen LogP) is 8.20. The maximum atomic E-state index is 12.5. The summed E-state index contributed by atoms with van der Waals surface area (Å²) >= 11 is 2.99. The fourth-order valence-electron chi connectivity index (χ4n) is 4.29. The van der Waals surface area contributed by atoms with Gasteiger partial charge in [-0.25, -0.2) is 0 Å². The molecular weight excluding hydrogens is 618 g/mol. The maximum absolute atomic E-state index is 12.5. The molecule has 0 aromatic heterocycles. The van der Waals surface area contributed by atoms with E-state index < -0.39 is 5.60 Å². The van der Waals surface area contributed by atoms with Gasteiger partial charge in [-0.1, -0.05) is 102 Å². The van der Waals surface area contributed by atoms with Gasteiger partial charge in [0.2, 0.25) is 0 Å². The van der Waals surface area contributed by atoms with Crippen molar-refractivity contribution >= 4 is 27.9 Å². The number of carbonyl (C=O) groups is 2. The summed E-state index contributed by atoms with van der Waals surface area (Å²) in [5.74, 6) is 0.538. The first-order valence-corrected chi connectivity index (χ1v) is 16.8. The lowest BCUT2D eigenvalue weighted by Crippen LogP contribution is -2.35. The Hall–Kier alpha value is -3.16. The molecule has 0 aliphatic rings. The Kier molecular flexibility index (Phi) is 18.1. The molecule has 7 heteroatoms. The average Bonchev–Trinajstić information content (AvgIpc) is 3.01.